The van der Waals surface area contributed by atoms with E-state index in [0.29, 0.717) is 25.1 Å². The zero-order valence-corrected chi connectivity index (χ0v) is 23.5. The third kappa shape index (κ3) is 5.84. The second-order valence-electron chi connectivity index (χ2n) is 11.2. The van der Waals surface area contributed by atoms with Gasteiger partial charge in [0, 0.05) is 42.8 Å². The van der Waals surface area contributed by atoms with Gasteiger partial charge in [-0.25, -0.2) is 0 Å². The number of methoxy groups -OCH3 is 1. The van der Waals surface area contributed by atoms with E-state index in [-0.39, 0.29) is 23.8 Å². The molecular formula is C30H41N5O4. The van der Waals surface area contributed by atoms with Gasteiger partial charge in [0.05, 0.1) is 24.0 Å². The number of hydrogen-bond acceptors (Lipinski definition) is 7. The first-order valence-electron chi connectivity index (χ1n) is 14.0. The summed E-state index contributed by atoms with van der Waals surface area (Å²) in [6.07, 6.45) is 4.36. The van der Waals surface area contributed by atoms with Crippen LogP contribution >= 0.6 is 0 Å². The van der Waals surface area contributed by atoms with Gasteiger partial charge in [-0.2, -0.15) is 0 Å². The van der Waals surface area contributed by atoms with Gasteiger partial charge in [-0.15, -0.1) is 0 Å². The molecule has 210 valence electrons. The van der Waals surface area contributed by atoms with Gasteiger partial charge in [0.15, 0.2) is 0 Å². The molecule has 9 nitrogen and oxygen atoms in total. The van der Waals surface area contributed by atoms with E-state index < -0.39 is 0 Å². The third-order valence-electron chi connectivity index (χ3n) is 8.53. The summed E-state index contributed by atoms with van der Waals surface area (Å²) in [5.41, 5.74) is 4.35. The molecule has 2 amide bonds. The van der Waals surface area contributed by atoms with Crippen molar-refractivity contribution in [3.63, 3.8) is 0 Å². The quantitative estimate of drug-likeness (QED) is 0.575. The molecule has 2 aromatic carbocycles. The molecule has 0 aromatic heterocycles. The molecule has 1 unspecified atom stereocenters. The number of benzene rings is 2. The number of carbonyl (C=O) groups excluding carboxylic acids is 2. The predicted molar refractivity (Wildman–Crippen MR) is 153 cm³/mol. The first-order chi connectivity index (χ1) is 18.9. The van der Waals surface area contributed by atoms with Crippen LogP contribution in [0.15, 0.2) is 36.4 Å². The standard InChI is InChI=1S/C30H41N5O4/c1-20-8-11-22(16-27(20)38-4)32-29(36)21-9-12-23(13-10-21)35-19-39-18-31-28-25(6-5-7-26(28)35)30(37)34-15-14-24(17-34)33(2)3/h5-8,11,16,21,23-24,31H,9-10,12-15,17-19H2,1-4H3,(H,32,36). The number of anilines is 3. The molecule has 1 saturated heterocycles. The molecule has 39 heavy (non-hydrogen) atoms. The fourth-order valence-electron chi connectivity index (χ4n) is 6.09. The van der Waals surface area contributed by atoms with Crippen molar-refractivity contribution in [2.45, 2.75) is 51.1 Å². The lowest BCUT2D eigenvalue weighted by Gasteiger charge is -2.37. The Morgan fingerprint density at radius 1 is 1.10 bits per heavy atom. The molecule has 2 fully saturated rings. The first-order valence-corrected chi connectivity index (χ1v) is 14.0. The zero-order valence-electron chi connectivity index (χ0n) is 23.5. The van der Waals surface area contributed by atoms with Crippen molar-refractivity contribution in [2.75, 3.05) is 63.3 Å². The molecule has 9 heteroatoms. The molecule has 0 radical (unpaired) electrons. The van der Waals surface area contributed by atoms with Crippen LogP contribution in [0.1, 0.15) is 48.0 Å². The highest BCUT2D eigenvalue weighted by Crippen LogP contribution is 2.38. The fraction of sp³-hybridized carbons (Fsp3) is 0.533. The smallest absolute Gasteiger partial charge is 0.256 e. The van der Waals surface area contributed by atoms with Crippen LogP contribution in [0.4, 0.5) is 17.1 Å². The summed E-state index contributed by atoms with van der Waals surface area (Å²) in [7, 11) is 5.78. The molecule has 2 aliphatic heterocycles. The molecular weight excluding hydrogens is 494 g/mol. The average molecular weight is 536 g/mol. The van der Waals surface area contributed by atoms with Crippen LogP contribution in [0.3, 0.4) is 0 Å². The van der Waals surface area contributed by atoms with E-state index in [0.717, 1.165) is 73.6 Å². The largest absolute Gasteiger partial charge is 0.496 e. The molecule has 5 rings (SSSR count). The molecule has 2 N–H and O–H groups in total. The van der Waals surface area contributed by atoms with E-state index in [1.165, 1.54) is 0 Å². The van der Waals surface area contributed by atoms with E-state index >= 15 is 0 Å². The highest BCUT2D eigenvalue weighted by atomic mass is 16.5. The van der Waals surface area contributed by atoms with Crippen molar-refractivity contribution in [1.82, 2.24) is 9.80 Å². The molecule has 2 heterocycles. The van der Waals surface area contributed by atoms with Gasteiger partial charge >= 0.3 is 0 Å². The van der Waals surface area contributed by atoms with Crippen LogP contribution in [0.2, 0.25) is 0 Å². The number of carbonyl (C=O) groups is 2. The van der Waals surface area contributed by atoms with Crippen molar-refractivity contribution in [3.8, 4) is 5.75 Å². The number of likely N-dealkylation sites (N-methyl/N-ethyl adjacent to an activating group) is 1. The summed E-state index contributed by atoms with van der Waals surface area (Å²) >= 11 is 0. The monoisotopic (exact) mass is 535 g/mol. The van der Waals surface area contributed by atoms with Crippen LogP contribution in [0, 0.1) is 12.8 Å². The van der Waals surface area contributed by atoms with Gasteiger partial charge < -0.3 is 34.8 Å². The third-order valence-corrected chi connectivity index (χ3v) is 8.53. The number of nitrogens with zero attached hydrogens (tertiary/aromatic N) is 3. The van der Waals surface area contributed by atoms with E-state index in [2.05, 4.69) is 40.6 Å². The van der Waals surface area contributed by atoms with Crippen LogP contribution < -0.4 is 20.3 Å². The van der Waals surface area contributed by atoms with E-state index in [1.54, 1.807) is 7.11 Å². The summed E-state index contributed by atoms with van der Waals surface area (Å²) in [6.45, 7) is 4.31. The number of fused-ring (bicyclic) bond motifs is 1. The SMILES string of the molecule is COc1cc(NC(=O)C2CCC(N3COCNc4c(C(=O)N5CCC(N(C)C)C5)cccc43)CC2)ccc1C. The Balaban J connectivity index is 1.26. The lowest BCUT2D eigenvalue weighted by Crippen LogP contribution is -2.41. The predicted octanol–water partition coefficient (Wildman–Crippen LogP) is 4.14. The minimum Gasteiger partial charge on any atom is -0.496 e. The lowest BCUT2D eigenvalue weighted by molar-refractivity contribution is -0.120. The molecule has 2 aromatic rings. The van der Waals surface area contributed by atoms with Crippen molar-refractivity contribution >= 4 is 28.9 Å². The van der Waals surface area contributed by atoms with E-state index in [9.17, 15) is 9.59 Å². The van der Waals surface area contributed by atoms with Crippen molar-refractivity contribution in [3.05, 3.63) is 47.5 Å². The van der Waals surface area contributed by atoms with Gasteiger partial charge in [0.1, 0.15) is 19.2 Å². The number of ether oxygens (including phenoxy) is 2. The Kier molecular flexibility index (Phi) is 8.28. The van der Waals surface area contributed by atoms with Gasteiger partial charge in [0.2, 0.25) is 5.91 Å². The highest BCUT2D eigenvalue weighted by molar-refractivity contribution is 6.03. The number of likely N-dealkylation sites (tertiary alicyclic amines) is 1. The molecule has 1 saturated carbocycles. The van der Waals surface area contributed by atoms with Crippen molar-refractivity contribution in [1.29, 1.82) is 0 Å². The van der Waals surface area contributed by atoms with E-state index in [4.69, 9.17) is 9.47 Å². The van der Waals surface area contributed by atoms with Crippen molar-refractivity contribution in [2.24, 2.45) is 5.92 Å². The summed E-state index contributed by atoms with van der Waals surface area (Å²) in [4.78, 5) is 33.1. The number of para-hydroxylation sites is 1. The minimum atomic E-state index is -0.0354. The second-order valence-corrected chi connectivity index (χ2v) is 11.2. The zero-order chi connectivity index (χ0) is 27.5. The number of aryl methyl sites for hydroxylation is 1. The summed E-state index contributed by atoms with van der Waals surface area (Å²) in [5.74, 6) is 0.860. The Morgan fingerprint density at radius 2 is 1.90 bits per heavy atom. The second kappa shape index (κ2) is 11.8. The maximum absolute atomic E-state index is 13.6. The maximum atomic E-state index is 13.6. The molecule has 3 aliphatic rings. The van der Waals surface area contributed by atoms with Crippen molar-refractivity contribution < 1.29 is 19.1 Å². The minimum absolute atomic E-state index is 0.0354. The number of amides is 2. The average Bonchev–Trinajstić information content (AvgIpc) is 3.35. The van der Waals surface area contributed by atoms with Gasteiger partial charge in [0.25, 0.3) is 5.91 Å². The Hall–Kier alpha value is -3.30. The molecule has 0 spiro atoms. The van der Waals surface area contributed by atoms with Gasteiger partial charge in [-0.1, -0.05) is 12.1 Å². The fourth-order valence-corrected chi connectivity index (χ4v) is 6.09. The van der Waals surface area contributed by atoms with Gasteiger partial charge in [-0.05, 0) is 76.9 Å². The summed E-state index contributed by atoms with van der Waals surface area (Å²) in [5, 5.41) is 6.45. The molecule has 0 bridgehead atoms. The number of hydrogen-bond donors (Lipinski definition) is 2. The van der Waals surface area contributed by atoms with E-state index in [1.807, 2.05) is 42.2 Å². The van der Waals surface area contributed by atoms with Crippen LogP contribution in [0.25, 0.3) is 0 Å². The number of rotatable bonds is 6. The summed E-state index contributed by atoms with van der Waals surface area (Å²) in [6, 6.07) is 12.3. The topological polar surface area (TPSA) is 86.4 Å². The Morgan fingerprint density at radius 3 is 2.62 bits per heavy atom. The normalized spacial score (nSPS) is 23.2. The van der Waals surface area contributed by atoms with Gasteiger partial charge in [-0.3, -0.25) is 9.59 Å². The lowest BCUT2D eigenvalue weighted by atomic mass is 9.84. The van der Waals surface area contributed by atoms with Crippen LogP contribution in [0.5, 0.6) is 5.75 Å². The molecule has 1 aliphatic carbocycles. The Bertz CT molecular complexity index is 1190. The van der Waals surface area contributed by atoms with Crippen LogP contribution in [-0.4, -0.2) is 81.5 Å². The first kappa shape index (κ1) is 27.3. The maximum Gasteiger partial charge on any atom is 0.256 e. The number of nitrogens with one attached hydrogen (secondary N) is 2. The molecule has 1 atom stereocenters. The summed E-state index contributed by atoms with van der Waals surface area (Å²) < 4.78 is 11.3. The van der Waals surface area contributed by atoms with Crippen LogP contribution in [-0.2, 0) is 9.53 Å². The Labute approximate surface area is 231 Å². The highest BCUT2D eigenvalue weighted by Gasteiger charge is 2.34.